The topological polar surface area (TPSA) is 40.5 Å². The molecule has 2 fully saturated rings. The lowest BCUT2D eigenvalue weighted by Crippen LogP contribution is -2.26. The highest BCUT2D eigenvalue weighted by Gasteiger charge is 2.33. The number of aryl methyl sites for hydroxylation is 1. The van der Waals surface area contributed by atoms with Crippen molar-refractivity contribution in [3.8, 4) is 22.6 Å². The number of phenols is 2. The fraction of sp³-hybridized carbons (Fsp3) is 0.438. The molecule has 0 unspecified atom stereocenters. The van der Waals surface area contributed by atoms with Gasteiger partial charge in [-0.15, -0.1) is 0 Å². The predicted molar refractivity (Wildman–Crippen MR) is 140 cm³/mol. The van der Waals surface area contributed by atoms with Crippen LogP contribution >= 0.6 is 0 Å². The normalized spacial score (nSPS) is 23.4. The van der Waals surface area contributed by atoms with Gasteiger partial charge < -0.3 is 10.2 Å². The summed E-state index contributed by atoms with van der Waals surface area (Å²) in [5.74, 6) is -7.52. The molecule has 2 aliphatic rings. The zero-order valence-electron chi connectivity index (χ0n) is 22.0. The molecule has 0 saturated heterocycles. The van der Waals surface area contributed by atoms with E-state index in [-0.39, 0.29) is 11.5 Å². The summed E-state index contributed by atoms with van der Waals surface area (Å²) in [7, 11) is 0. The highest BCUT2D eigenvalue weighted by Crippen LogP contribution is 2.45. The van der Waals surface area contributed by atoms with Crippen molar-refractivity contribution in [3.63, 3.8) is 0 Å². The van der Waals surface area contributed by atoms with Gasteiger partial charge in [0.05, 0.1) is 0 Å². The number of rotatable bonds is 6. The van der Waals surface area contributed by atoms with Crippen molar-refractivity contribution in [2.45, 2.75) is 70.1 Å². The van der Waals surface area contributed by atoms with E-state index in [9.17, 15) is 36.6 Å². The van der Waals surface area contributed by atoms with Crippen LogP contribution in [-0.2, 0) is 6.42 Å². The SMILES string of the molecule is Oc1ccc(-c2ccc(CCC3CCC(C4CCC(c5ccc(O)c(F)c5F)CC4)CC3)c(F)c2F)c(F)c1F. The van der Waals surface area contributed by atoms with Gasteiger partial charge in [0.15, 0.2) is 34.8 Å². The molecule has 40 heavy (non-hydrogen) atoms. The largest absolute Gasteiger partial charge is 0.505 e. The molecule has 2 saturated carbocycles. The average molecular weight is 563 g/mol. The van der Waals surface area contributed by atoms with Crippen molar-refractivity contribution < 1.29 is 36.6 Å². The maximum atomic E-state index is 14.8. The van der Waals surface area contributed by atoms with Crippen LogP contribution < -0.4 is 0 Å². The quantitative estimate of drug-likeness (QED) is 0.294. The first-order chi connectivity index (χ1) is 19.2. The molecule has 0 bridgehead atoms. The van der Waals surface area contributed by atoms with Crippen LogP contribution in [0, 0.1) is 52.7 Å². The predicted octanol–water partition coefficient (Wildman–Crippen LogP) is 9.31. The van der Waals surface area contributed by atoms with Gasteiger partial charge in [-0.1, -0.05) is 31.0 Å². The molecule has 0 amide bonds. The van der Waals surface area contributed by atoms with Crippen LogP contribution in [0.15, 0.2) is 36.4 Å². The lowest BCUT2D eigenvalue weighted by Gasteiger charge is -2.38. The second kappa shape index (κ2) is 11.8. The van der Waals surface area contributed by atoms with E-state index < -0.39 is 57.5 Å². The van der Waals surface area contributed by atoms with Crippen LogP contribution in [0.25, 0.3) is 11.1 Å². The van der Waals surface area contributed by atoms with E-state index in [4.69, 9.17) is 0 Å². The number of halogens is 6. The van der Waals surface area contributed by atoms with Crippen LogP contribution in [0.3, 0.4) is 0 Å². The highest BCUT2D eigenvalue weighted by atomic mass is 19.2. The fourth-order valence-electron chi connectivity index (χ4n) is 6.82. The smallest absolute Gasteiger partial charge is 0.200 e. The van der Waals surface area contributed by atoms with Gasteiger partial charge in [-0.05, 0) is 104 Å². The lowest BCUT2D eigenvalue weighted by molar-refractivity contribution is 0.156. The molecule has 0 aromatic heterocycles. The van der Waals surface area contributed by atoms with Gasteiger partial charge >= 0.3 is 0 Å². The average Bonchev–Trinajstić information content (AvgIpc) is 2.96. The number of hydrogen-bond acceptors (Lipinski definition) is 2. The van der Waals surface area contributed by atoms with Gasteiger partial charge in [-0.3, -0.25) is 0 Å². The van der Waals surface area contributed by atoms with Gasteiger partial charge in [0.25, 0.3) is 0 Å². The van der Waals surface area contributed by atoms with E-state index in [1.807, 2.05) is 0 Å². The van der Waals surface area contributed by atoms with E-state index in [1.54, 1.807) is 0 Å². The van der Waals surface area contributed by atoms with Crippen LogP contribution in [-0.4, -0.2) is 10.2 Å². The van der Waals surface area contributed by atoms with Gasteiger partial charge in [-0.25, -0.2) is 17.6 Å². The van der Waals surface area contributed by atoms with E-state index in [1.165, 1.54) is 24.3 Å². The van der Waals surface area contributed by atoms with Crippen molar-refractivity contribution in [1.29, 1.82) is 0 Å². The van der Waals surface area contributed by atoms with Crippen LogP contribution in [0.2, 0.25) is 0 Å². The Morgan fingerprint density at radius 1 is 0.525 bits per heavy atom. The minimum Gasteiger partial charge on any atom is -0.505 e. The highest BCUT2D eigenvalue weighted by molar-refractivity contribution is 5.66. The van der Waals surface area contributed by atoms with E-state index >= 15 is 0 Å². The van der Waals surface area contributed by atoms with Crippen molar-refractivity contribution in [2.24, 2.45) is 17.8 Å². The van der Waals surface area contributed by atoms with E-state index in [0.29, 0.717) is 36.2 Å². The minimum absolute atomic E-state index is 0.0473. The molecule has 2 aliphatic carbocycles. The van der Waals surface area contributed by atoms with Crippen molar-refractivity contribution in [3.05, 3.63) is 82.4 Å². The first-order valence-corrected chi connectivity index (χ1v) is 14.0. The summed E-state index contributed by atoms with van der Waals surface area (Å²) in [6.07, 6.45) is 8.57. The molecule has 0 aliphatic heterocycles. The Hall–Kier alpha value is -3.16. The molecule has 0 radical (unpaired) electrons. The summed E-state index contributed by atoms with van der Waals surface area (Å²) in [4.78, 5) is 0. The fourth-order valence-corrected chi connectivity index (χ4v) is 6.82. The molecule has 8 heteroatoms. The standard InChI is InChI=1S/C32H32F6O2/c33-27-21(11-12-23(29(27)35)24-14-16-26(40)32(38)30(24)36)6-3-17-1-4-18(5-2-17)19-7-9-20(10-8-19)22-13-15-25(39)31(37)28(22)34/h11-20,39-40H,1-10H2. The Labute approximate surface area is 229 Å². The summed E-state index contributed by atoms with van der Waals surface area (Å²) in [5.41, 5.74) is -0.314. The van der Waals surface area contributed by atoms with Gasteiger partial charge in [0.1, 0.15) is 0 Å². The number of benzene rings is 3. The van der Waals surface area contributed by atoms with Crippen molar-refractivity contribution >= 4 is 0 Å². The van der Waals surface area contributed by atoms with Crippen LogP contribution in [0.5, 0.6) is 11.5 Å². The lowest BCUT2D eigenvalue weighted by atomic mass is 9.68. The Morgan fingerprint density at radius 3 is 1.65 bits per heavy atom. The third-order valence-corrected chi connectivity index (χ3v) is 9.20. The molecule has 3 aromatic rings. The molecule has 0 heterocycles. The second-order valence-corrected chi connectivity index (χ2v) is 11.4. The van der Waals surface area contributed by atoms with Crippen LogP contribution in [0.4, 0.5) is 26.3 Å². The summed E-state index contributed by atoms with van der Waals surface area (Å²) >= 11 is 0. The molecule has 0 atom stereocenters. The molecule has 2 N–H and O–H groups in total. The maximum absolute atomic E-state index is 14.8. The summed E-state index contributed by atoms with van der Waals surface area (Å²) in [5, 5.41) is 18.7. The molecule has 214 valence electrons. The summed E-state index contributed by atoms with van der Waals surface area (Å²) in [6.45, 7) is 0. The third kappa shape index (κ3) is 5.54. The molecular weight excluding hydrogens is 530 g/mol. The van der Waals surface area contributed by atoms with Crippen molar-refractivity contribution in [1.82, 2.24) is 0 Å². The first kappa shape index (κ1) is 28.4. The van der Waals surface area contributed by atoms with E-state index in [0.717, 1.165) is 63.5 Å². The zero-order valence-corrected chi connectivity index (χ0v) is 22.0. The minimum atomic E-state index is -1.51. The summed E-state index contributed by atoms with van der Waals surface area (Å²) in [6, 6.07) is 7.27. The Bertz CT molecular complexity index is 1370. The van der Waals surface area contributed by atoms with Crippen molar-refractivity contribution in [2.75, 3.05) is 0 Å². The Kier molecular flexibility index (Phi) is 8.34. The first-order valence-electron chi connectivity index (χ1n) is 14.0. The van der Waals surface area contributed by atoms with Gasteiger partial charge in [-0.2, -0.15) is 8.78 Å². The molecule has 3 aromatic carbocycles. The number of hydrogen-bond donors (Lipinski definition) is 2. The van der Waals surface area contributed by atoms with Gasteiger partial charge in [0, 0.05) is 11.1 Å². The zero-order chi connectivity index (χ0) is 28.6. The number of phenolic OH excluding ortho intramolecular Hbond substituents is 2. The molecule has 5 rings (SSSR count). The van der Waals surface area contributed by atoms with Crippen LogP contribution in [0.1, 0.15) is 74.8 Å². The Balaban J connectivity index is 1.12. The summed E-state index contributed by atoms with van der Waals surface area (Å²) < 4.78 is 85.7. The third-order valence-electron chi connectivity index (χ3n) is 9.20. The monoisotopic (exact) mass is 562 g/mol. The Morgan fingerprint density at radius 2 is 1.02 bits per heavy atom. The van der Waals surface area contributed by atoms with Gasteiger partial charge in [0.2, 0.25) is 11.6 Å². The maximum Gasteiger partial charge on any atom is 0.200 e. The molecule has 2 nitrogen and oxygen atoms in total. The number of aromatic hydroxyl groups is 2. The molecular formula is C32H32F6O2. The van der Waals surface area contributed by atoms with E-state index in [2.05, 4.69) is 0 Å². The second-order valence-electron chi connectivity index (χ2n) is 11.4. The molecule has 0 spiro atoms.